The highest BCUT2D eigenvalue weighted by Gasteiger charge is 2.21. The molecule has 0 spiro atoms. The van der Waals surface area contributed by atoms with Crippen LogP contribution in [0.1, 0.15) is 26.3 Å². The lowest BCUT2D eigenvalue weighted by molar-refractivity contribution is 0.489. The van der Waals surface area contributed by atoms with Gasteiger partial charge < -0.3 is 9.14 Å². The third-order valence-corrected chi connectivity index (χ3v) is 9.74. The van der Waals surface area contributed by atoms with Crippen molar-refractivity contribution in [3.05, 3.63) is 145 Å². The maximum Gasteiger partial charge on any atom is 0.221 e. The SMILES string of the molecule is CC(C)(C)c1ccnc(-c2cc(Oc3ccc4c(c3)n(-c3ccccn3)c3nc5ccccc5n43)c3c(ccn4c5ccccc5cc34)c2)c1. The quantitative estimate of drug-likeness (QED) is 0.191. The molecule has 50 heavy (non-hydrogen) atoms. The number of pyridine rings is 3. The Bertz CT molecular complexity index is 2940. The largest absolute Gasteiger partial charge is 0.457 e. The van der Waals surface area contributed by atoms with Crippen molar-refractivity contribution >= 4 is 55.0 Å². The van der Waals surface area contributed by atoms with Gasteiger partial charge in [0.05, 0.1) is 38.8 Å². The summed E-state index contributed by atoms with van der Waals surface area (Å²) in [5.74, 6) is 3.07. The molecule has 7 heteroatoms. The van der Waals surface area contributed by atoms with Gasteiger partial charge in [0.15, 0.2) is 0 Å². The molecule has 0 aliphatic carbocycles. The summed E-state index contributed by atoms with van der Waals surface area (Å²) < 4.78 is 13.6. The Morgan fingerprint density at radius 1 is 0.620 bits per heavy atom. The predicted octanol–water partition coefficient (Wildman–Crippen LogP) is 10.5. The molecule has 4 aromatic carbocycles. The number of hydrogen-bond acceptors (Lipinski definition) is 4. The van der Waals surface area contributed by atoms with E-state index >= 15 is 0 Å². The van der Waals surface area contributed by atoms with E-state index in [4.69, 9.17) is 19.7 Å². The van der Waals surface area contributed by atoms with Crippen molar-refractivity contribution < 1.29 is 4.74 Å². The van der Waals surface area contributed by atoms with Crippen molar-refractivity contribution in [3.8, 4) is 28.6 Å². The topological polar surface area (TPSA) is 61.6 Å². The minimum atomic E-state index is -0.00486. The fourth-order valence-corrected chi connectivity index (χ4v) is 7.29. The smallest absolute Gasteiger partial charge is 0.221 e. The highest BCUT2D eigenvalue weighted by atomic mass is 16.5. The van der Waals surface area contributed by atoms with Gasteiger partial charge in [0.2, 0.25) is 5.78 Å². The lowest BCUT2D eigenvalue weighted by Crippen LogP contribution is -2.11. The van der Waals surface area contributed by atoms with Crippen LogP contribution < -0.4 is 4.74 Å². The van der Waals surface area contributed by atoms with E-state index in [-0.39, 0.29) is 5.41 Å². The van der Waals surface area contributed by atoms with Crippen molar-refractivity contribution in [3.63, 3.8) is 0 Å². The lowest BCUT2D eigenvalue weighted by atomic mass is 9.87. The van der Waals surface area contributed by atoms with Gasteiger partial charge in [0, 0.05) is 41.0 Å². The zero-order valence-corrected chi connectivity index (χ0v) is 27.9. The third-order valence-electron chi connectivity index (χ3n) is 9.74. The van der Waals surface area contributed by atoms with Crippen LogP contribution in [0.2, 0.25) is 0 Å². The number of ether oxygens (including phenoxy) is 1. The monoisotopic (exact) mass is 648 g/mol. The summed E-state index contributed by atoms with van der Waals surface area (Å²) in [5, 5.41) is 3.30. The summed E-state index contributed by atoms with van der Waals surface area (Å²) in [6.45, 7) is 6.68. The zero-order chi connectivity index (χ0) is 33.6. The molecule has 6 aromatic heterocycles. The summed E-state index contributed by atoms with van der Waals surface area (Å²) in [4.78, 5) is 14.6. The maximum absolute atomic E-state index is 7.01. The molecule has 0 unspecified atom stereocenters. The number of fused-ring (bicyclic) bond motifs is 10. The number of para-hydroxylation sites is 3. The first-order valence-corrected chi connectivity index (χ1v) is 16.9. The van der Waals surface area contributed by atoms with Crippen molar-refractivity contribution in [2.75, 3.05) is 0 Å². The minimum absolute atomic E-state index is 0.00486. The van der Waals surface area contributed by atoms with Crippen molar-refractivity contribution in [1.29, 1.82) is 0 Å². The number of benzene rings is 4. The highest BCUT2D eigenvalue weighted by molar-refractivity contribution is 6.07. The molecule has 10 rings (SSSR count). The summed E-state index contributed by atoms with van der Waals surface area (Å²) >= 11 is 0. The van der Waals surface area contributed by atoms with Crippen molar-refractivity contribution in [1.82, 2.24) is 28.3 Å². The first-order chi connectivity index (χ1) is 24.4. The summed E-state index contributed by atoms with van der Waals surface area (Å²) in [7, 11) is 0. The summed E-state index contributed by atoms with van der Waals surface area (Å²) in [6.07, 6.45) is 5.87. The van der Waals surface area contributed by atoms with Crippen LogP contribution in [0, 0.1) is 0 Å². The molecule has 240 valence electrons. The van der Waals surface area contributed by atoms with Gasteiger partial charge in [-0.1, -0.05) is 57.2 Å². The average Bonchev–Trinajstić information content (AvgIpc) is 3.80. The minimum Gasteiger partial charge on any atom is -0.457 e. The normalized spacial score (nSPS) is 12.3. The van der Waals surface area contributed by atoms with Gasteiger partial charge >= 0.3 is 0 Å². The molecule has 0 atom stereocenters. The molecule has 0 saturated heterocycles. The van der Waals surface area contributed by atoms with E-state index in [2.05, 4.69) is 119 Å². The van der Waals surface area contributed by atoms with Gasteiger partial charge in [-0.3, -0.25) is 14.0 Å². The summed E-state index contributed by atoms with van der Waals surface area (Å²) in [6, 6.07) is 42.0. The second-order valence-corrected chi connectivity index (χ2v) is 13.9. The summed E-state index contributed by atoms with van der Waals surface area (Å²) in [5.41, 5.74) is 9.34. The number of imidazole rings is 2. The Morgan fingerprint density at radius 2 is 1.46 bits per heavy atom. The van der Waals surface area contributed by atoms with Crippen LogP contribution >= 0.6 is 0 Å². The molecule has 10 aromatic rings. The first-order valence-electron chi connectivity index (χ1n) is 16.9. The second kappa shape index (κ2) is 10.5. The van der Waals surface area contributed by atoms with Gasteiger partial charge in [0.1, 0.15) is 17.3 Å². The molecule has 0 amide bonds. The fraction of sp³-hybridized carbons (Fsp3) is 0.0930. The van der Waals surface area contributed by atoms with Crippen LogP contribution in [0.25, 0.3) is 72.1 Å². The Hall–Kier alpha value is -6.47. The number of aromatic nitrogens is 6. The molecule has 0 fully saturated rings. The maximum atomic E-state index is 7.01. The van der Waals surface area contributed by atoms with E-state index in [1.54, 1.807) is 0 Å². The standard InChI is InChI=1S/C43H32N6O/c1-43(2,3)30-17-20-44-33(25-30)29-22-28-18-21-47-34-12-6-4-10-27(34)23-38(47)41(28)39(24-29)50-31-15-16-36-37(26-31)49(40-14-8-9-19-45-40)42-46-32-11-5-7-13-35(32)48(36)42/h4-26H,1-3H3. The molecule has 7 nitrogen and oxygen atoms in total. The Labute approximate surface area is 287 Å². The van der Waals surface area contributed by atoms with Crippen LogP contribution in [0.5, 0.6) is 11.5 Å². The molecule has 0 N–H and O–H groups in total. The van der Waals surface area contributed by atoms with Crippen LogP contribution in [0.4, 0.5) is 0 Å². The molecule has 0 aliphatic heterocycles. The average molecular weight is 649 g/mol. The zero-order valence-electron chi connectivity index (χ0n) is 27.9. The predicted molar refractivity (Wildman–Crippen MR) is 202 cm³/mol. The first kappa shape index (κ1) is 28.5. The number of nitrogens with zero attached hydrogens (tertiary/aromatic N) is 6. The second-order valence-electron chi connectivity index (χ2n) is 13.9. The van der Waals surface area contributed by atoms with E-state index in [0.29, 0.717) is 5.75 Å². The van der Waals surface area contributed by atoms with Gasteiger partial charge in [-0.2, -0.15) is 0 Å². The van der Waals surface area contributed by atoms with Gasteiger partial charge in [-0.15, -0.1) is 0 Å². The molecule has 6 heterocycles. The Kier molecular flexibility index (Phi) is 6.00. The van der Waals surface area contributed by atoms with Crippen LogP contribution in [-0.2, 0) is 5.41 Å². The van der Waals surface area contributed by atoms with E-state index in [1.165, 1.54) is 10.9 Å². The van der Waals surface area contributed by atoms with Gasteiger partial charge in [-0.05, 0) is 95.2 Å². The highest BCUT2D eigenvalue weighted by Crippen LogP contribution is 2.40. The van der Waals surface area contributed by atoms with E-state index in [1.807, 2.05) is 54.9 Å². The number of rotatable bonds is 4. The van der Waals surface area contributed by atoms with Crippen LogP contribution in [0.15, 0.2) is 140 Å². The third kappa shape index (κ3) is 4.33. The molecule has 0 saturated carbocycles. The molecule has 0 radical (unpaired) electrons. The van der Waals surface area contributed by atoms with Crippen molar-refractivity contribution in [2.24, 2.45) is 0 Å². The fourth-order valence-electron chi connectivity index (χ4n) is 7.29. The van der Waals surface area contributed by atoms with Gasteiger partial charge in [0.25, 0.3) is 0 Å². The van der Waals surface area contributed by atoms with Crippen molar-refractivity contribution in [2.45, 2.75) is 26.2 Å². The van der Waals surface area contributed by atoms with E-state index < -0.39 is 0 Å². The molecular formula is C43H32N6O. The molecular weight excluding hydrogens is 617 g/mol. The van der Waals surface area contributed by atoms with Crippen LogP contribution in [-0.4, -0.2) is 28.3 Å². The molecule has 0 aliphatic rings. The van der Waals surface area contributed by atoms with Crippen LogP contribution in [0.3, 0.4) is 0 Å². The van der Waals surface area contributed by atoms with E-state index in [0.717, 1.165) is 72.5 Å². The van der Waals surface area contributed by atoms with Gasteiger partial charge in [-0.25, -0.2) is 9.97 Å². The lowest BCUT2D eigenvalue weighted by Gasteiger charge is -2.20. The number of hydrogen-bond donors (Lipinski definition) is 0. The Balaban J connectivity index is 1.22. The van der Waals surface area contributed by atoms with E-state index in [9.17, 15) is 0 Å². The Morgan fingerprint density at radius 3 is 2.32 bits per heavy atom. The molecule has 0 bridgehead atoms.